The van der Waals surface area contributed by atoms with Crippen LogP contribution in [-0.4, -0.2) is 45.0 Å². The van der Waals surface area contributed by atoms with Crippen molar-refractivity contribution in [1.29, 1.82) is 10.5 Å². The van der Waals surface area contributed by atoms with E-state index in [1.165, 1.54) is 0 Å². The molecule has 4 aliphatic rings. The second kappa shape index (κ2) is 9.85. The highest BCUT2D eigenvalue weighted by atomic mass is 16.5. The van der Waals surface area contributed by atoms with Gasteiger partial charge in [0.05, 0.1) is 29.9 Å². The number of carbonyl (C=O) groups is 1. The van der Waals surface area contributed by atoms with Gasteiger partial charge in [0, 0.05) is 17.8 Å². The maximum Gasteiger partial charge on any atom is 0.405 e. The van der Waals surface area contributed by atoms with Crippen LogP contribution in [0.1, 0.15) is 65.4 Å². The Labute approximate surface area is 212 Å². The molecule has 4 saturated carbocycles. The number of hydrogen-bond acceptors (Lipinski definition) is 6. The molecule has 1 aromatic heterocycles. The zero-order valence-corrected chi connectivity index (χ0v) is 21.4. The molecule has 1 aromatic rings. The van der Waals surface area contributed by atoms with Crippen LogP contribution in [0.4, 0.5) is 4.79 Å². The Balaban J connectivity index is 1.62. The zero-order chi connectivity index (χ0) is 26.1. The molecular weight excluding hydrogens is 458 g/mol. The van der Waals surface area contributed by atoms with E-state index in [1.807, 2.05) is 33.9 Å². The van der Waals surface area contributed by atoms with Crippen molar-refractivity contribution in [2.24, 2.45) is 34.1 Å². The summed E-state index contributed by atoms with van der Waals surface area (Å²) in [5, 5.41) is 39.1. The SMILES string of the molecule is CC(C)COc1c(C(=NC#N)NC2C3CC4CC2CC(NC(=O)O)(C4)C3)cnn1C=CC(C)(C)C#N. The Morgan fingerprint density at radius 3 is 2.64 bits per heavy atom. The predicted molar refractivity (Wildman–Crippen MR) is 134 cm³/mol. The molecule has 192 valence electrons. The van der Waals surface area contributed by atoms with Crippen molar-refractivity contribution < 1.29 is 14.6 Å². The molecule has 0 radical (unpaired) electrons. The maximum absolute atomic E-state index is 11.5. The van der Waals surface area contributed by atoms with E-state index in [0.717, 1.165) is 32.1 Å². The molecule has 10 nitrogen and oxygen atoms in total. The van der Waals surface area contributed by atoms with Crippen molar-refractivity contribution in [3.05, 3.63) is 17.8 Å². The first-order valence-corrected chi connectivity index (χ1v) is 12.6. The maximum atomic E-state index is 11.5. The summed E-state index contributed by atoms with van der Waals surface area (Å²) in [5.41, 5.74) is -0.436. The first kappa shape index (κ1) is 25.6. The van der Waals surface area contributed by atoms with Crippen LogP contribution >= 0.6 is 0 Å². The van der Waals surface area contributed by atoms with Gasteiger partial charge in [-0.1, -0.05) is 13.8 Å². The molecule has 1 heterocycles. The van der Waals surface area contributed by atoms with Crippen LogP contribution in [0.5, 0.6) is 5.88 Å². The Morgan fingerprint density at radius 1 is 1.36 bits per heavy atom. The van der Waals surface area contributed by atoms with Gasteiger partial charge >= 0.3 is 6.09 Å². The molecule has 1 amide bonds. The summed E-state index contributed by atoms with van der Waals surface area (Å²) >= 11 is 0. The normalized spacial score (nSPS) is 29.2. The van der Waals surface area contributed by atoms with E-state index in [1.54, 1.807) is 23.2 Å². The van der Waals surface area contributed by atoms with E-state index < -0.39 is 11.5 Å². The van der Waals surface area contributed by atoms with Gasteiger partial charge in [0.25, 0.3) is 0 Å². The number of nitrogens with zero attached hydrogens (tertiary/aromatic N) is 5. The van der Waals surface area contributed by atoms with Crippen LogP contribution in [0.3, 0.4) is 0 Å². The minimum absolute atomic E-state index is 0.0896. The fourth-order valence-electron chi connectivity index (χ4n) is 6.32. The van der Waals surface area contributed by atoms with Gasteiger partial charge in [0.1, 0.15) is 0 Å². The summed E-state index contributed by atoms with van der Waals surface area (Å²) in [6.45, 7) is 8.17. The number of amidine groups is 1. The number of carboxylic acid groups (broad SMARTS) is 1. The third kappa shape index (κ3) is 5.33. The van der Waals surface area contributed by atoms with Crippen molar-refractivity contribution >= 4 is 18.1 Å². The van der Waals surface area contributed by atoms with Gasteiger partial charge in [-0.2, -0.15) is 20.6 Å². The number of aromatic nitrogens is 2. The number of rotatable bonds is 8. The summed E-state index contributed by atoms with van der Waals surface area (Å²) in [7, 11) is 0. The van der Waals surface area contributed by atoms with Gasteiger partial charge in [-0.3, -0.25) is 0 Å². The van der Waals surface area contributed by atoms with Crippen molar-refractivity contribution in [1.82, 2.24) is 20.4 Å². The Morgan fingerprint density at radius 2 is 2.06 bits per heavy atom. The molecule has 0 aromatic carbocycles. The lowest BCUT2D eigenvalue weighted by atomic mass is 9.51. The van der Waals surface area contributed by atoms with E-state index in [0.29, 0.717) is 41.6 Å². The van der Waals surface area contributed by atoms with E-state index in [2.05, 4.69) is 26.8 Å². The number of aliphatic imine (C=N–C) groups is 1. The highest BCUT2D eigenvalue weighted by Crippen LogP contribution is 2.55. The molecule has 0 spiro atoms. The molecule has 3 N–H and O–H groups in total. The lowest BCUT2D eigenvalue weighted by Gasteiger charge is -2.60. The molecule has 2 atom stereocenters. The molecule has 4 aliphatic carbocycles. The van der Waals surface area contributed by atoms with Gasteiger partial charge in [-0.25, -0.2) is 9.48 Å². The van der Waals surface area contributed by atoms with Gasteiger partial charge in [-0.05, 0) is 75.7 Å². The smallest absolute Gasteiger partial charge is 0.405 e. The number of amides is 1. The molecular formula is C26H35N7O3. The Hall–Kier alpha value is -3.53. The second-order valence-corrected chi connectivity index (χ2v) is 11.6. The fourth-order valence-corrected chi connectivity index (χ4v) is 6.32. The Kier molecular flexibility index (Phi) is 6.99. The molecule has 4 bridgehead atoms. The van der Waals surface area contributed by atoms with Crippen molar-refractivity contribution in [3.63, 3.8) is 0 Å². The number of nitrogens with one attached hydrogen (secondary N) is 2. The van der Waals surface area contributed by atoms with E-state index in [-0.39, 0.29) is 17.5 Å². The topological polar surface area (TPSA) is 148 Å². The molecule has 36 heavy (non-hydrogen) atoms. The van der Waals surface area contributed by atoms with Crippen LogP contribution < -0.4 is 15.4 Å². The van der Waals surface area contributed by atoms with E-state index >= 15 is 0 Å². The minimum atomic E-state index is -0.958. The van der Waals surface area contributed by atoms with Gasteiger partial charge in [0.15, 0.2) is 5.84 Å². The Bertz CT molecular complexity index is 1120. The highest BCUT2D eigenvalue weighted by Gasteiger charge is 2.56. The third-order valence-electron chi connectivity index (χ3n) is 7.59. The van der Waals surface area contributed by atoms with Crippen LogP contribution in [0.15, 0.2) is 17.3 Å². The summed E-state index contributed by atoms with van der Waals surface area (Å²) in [6.07, 6.45) is 10.6. The number of hydrogen-bond donors (Lipinski definition) is 3. The fraction of sp³-hybridized carbons (Fsp3) is 0.654. The number of allylic oxidation sites excluding steroid dienone is 1. The predicted octanol–water partition coefficient (Wildman–Crippen LogP) is 3.97. The van der Waals surface area contributed by atoms with E-state index in [9.17, 15) is 20.4 Å². The molecule has 0 aliphatic heterocycles. The van der Waals surface area contributed by atoms with Crippen molar-refractivity contribution in [2.45, 2.75) is 71.4 Å². The molecule has 2 unspecified atom stereocenters. The van der Waals surface area contributed by atoms with Crippen molar-refractivity contribution in [3.8, 4) is 18.1 Å². The number of nitriles is 2. The van der Waals surface area contributed by atoms with E-state index in [4.69, 9.17) is 4.74 Å². The average molecular weight is 494 g/mol. The van der Waals surface area contributed by atoms with Gasteiger partial charge < -0.3 is 20.5 Å². The summed E-state index contributed by atoms with van der Waals surface area (Å²) in [5.74, 6) is 2.24. The zero-order valence-electron chi connectivity index (χ0n) is 21.4. The largest absolute Gasteiger partial charge is 0.477 e. The number of ether oxygens (including phenoxy) is 1. The summed E-state index contributed by atoms with van der Waals surface area (Å²) in [4.78, 5) is 15.6. The first-order chi connectivity index (χ1) is 17.0. The van der Waals surface area contributed by atoms with Crippen LogP contribution in [0, 0.1) is 51.9 Å². The molecule has 5 rings (SSSR count). The summed E-state index contributed by atoms with van der Waals surface area (Å²) in [6, 6.07) is 2.33. The monoisotopic (exact) mass is 493 g/mol. The lowest BCUT2D eigenvalue weighted by Crippen LogP contribution is -2.66. The minimum Gasteiger partial charge on any atom is -0.477 e. The average Bonchev–Trinajstić information content (AvgIpc) is 3.19. The summed E-state index contributed by atoms with van der Waals surface area (Å²) < 4.78 is 7.70. The third-order valence-corrected chi connectivity index (χ3v) is 7.59. The highest BCUT2D eigenvalue weighted by molar-refractivity contribution is 6.01. The standard InChI is InChI=1S/C26H35N7O3/c1-16(2)13-36-23-20(12-30-33(23)6-5-25(3,4)14-27)22(29-15-28)31-21-18-7-17-8-19(21)11-26(9-17,10-18)32-24(34)35/h5-6,12,16-19,21,32H,7-11,13H2,1-4H3,(H,29,31)(H,34,35). The van der Waals surface area contributed by atoms with Gasteiger partial charge in [0.2, 0.25) is 12.1 Å². The van der Waals surface area contributed by atoms with Gasteiger partial charge in [-0.15, -0.1) is 0 Å². The quantitative estimate of drug-likeness (QED) is 0.282. The lowest BCUT2D eigenvalue weighted by molar-refractivity contribution is -0.0382. The van der Waals surface area contributed by atoms with Crippen LogP contribution in [0.2, 0.25) is 0 Å². The molecule has 4 fully saturated rings. The first-order valence-electron chi connectivity index (χ1n) is 12.6. The molecule has 0 saturated heterocycles. The van der Waals surface area contributed by atoms with Crippen LogP contribution in [0.25, 0.3) is 6.20 Å². The van der Waals surface area contributed by atoms with Crippen molar-refractivity contribution in [2.75, 3.05) is 6.61 Å². The molecule has 10 heteroatoms. The van der Waals surface area contributed by atoms with Crippen LogP contribution in [-0.2, 0) is 0 Å². The second-order valence-electron chi connectivity index (χ2n) is 11.6.